The second-order valence-electron chi connectivity index (χ2n) is 4.81. The van der Waals surface area contributed by atoms with Gasteiger partial charge in [0.2, 0.25) is 0 Å². The van der Waals surface area contributed by atoms with Crippen molar-refractivity contribution in [2.75, 3.05) is 6.61 Å². The van der Waals surface area contributed by atoms with Crippen LogP contribution in [-0.2, 0) is 24.6 Å². The number of nitrogens with one attached hydrogen (secondary N) is 1. The zero-order valence-electron chi connectivity index (χ0n) is 11.2. The van der Waals surface area contributed by atoms with Gasteiger partial charge in [-0.3, -0.25) is 4.68 Å². The van der Waals surface area contributed by atoms with Crippen molar-refractivity contribution in [3.8, 4) is 11.3 Å². The van der Waals surface area contributed by atoms with Crippen molar-refractivity contribution in [3.05, 3.63) is 29.2 Å². The van der Waals surface area contributed by atoms with Crippen LogP contribution in [0.2, 0.25) is 0 Å². The maximum atomic E-state index is 12.0. The van der Waals surface area contributed by atoms with E-state index in [-0.39, 0.29) is 5.97 Å². The lowest BCUT2D eigenvalue weighted by Crippen LogP contribution is -2.05. The third kappa shape index (κ3) is 1.95. The largest absolute Gasteiger partial charge is 0.462 e. The molecule has 5 nitrogen and oxygen atoms in total. The number of H-pyrrole nitrogens is 1. The number of aromatic amines is 1. The molecule has 100 valence electrons. The fourth-order valence-corrected chi connectivity index (χ4v) is 2.69. The van der Waals surface area contributed by atoms with E-state index in [1.165, 1.54) is 5.56 Å². The molecule has 1 N–H and O–H groups in total. The Morgan fingerprint density at radius 1 is 1.53 bits per heavy atom. The van der Waals surface area contributed by atoms with Crippen molar-refractivity contribution in [1.82, 2.24) is 14.8 Å². The topological polar surface area (TPSA) is 59.9 Å². The van der Waals surface area contributed by atoms with Gasteiger partial charge in [-0.15, -0.1) is 0 Å². The first-order valence-corrected chi connectivity index (χ1v) is 6.61. The molecular formula is C14H17N3O2. The summed E-state index contributed by atoms with van der Waals surface area (Å²) in [4.78, 5) is 15.2. The van der Waals surface area contributed by atoms with Gasteiger partial charge in [-0.05, 0) is 31.7 Å². The number of ether oxygens (including phenoxy) is 1. The summed E-state index contributed by atoms with van der Waals surface area (Å²) in [7, 11) is 1.91. The molecule has 0 bridgehead atoms. The predicted molar refractivity (Wildman–Crippen MR) is 71.0 cm³/mol. The third-order valence-corrected chi connectivity index (χ3v) is 3.47. The molecule has 2 aromatic heterocycles. The molecule has 19 heavy (non-hydrogen) atoms. The Labute approximate surface area is 111 Å². The van der Waals surface area contributed by atoms with E-state index in [4.69, 9.17) is 4.74 Å². The molecular weight excluding hydrogens is 242 g/mol. The highest BCUT2D eigenvalue weighted by atomic mass is 16.5. The van der Waals surface area contributed by atoms with E-state index in [1.54, 1.807) is 6.20 Å². The number of carbonyl (C=O) groups excluding carboxylic acids is 1. The van der Waals surface area contributed by atoms with Crippen molar-refractivity contribution in [3.63, 3.8) is 0 Å². The number of rotatable bonds is 2. The summed E-state index contributed by atoms with van der Waals surface area (Å²) in [6.45, 7) is 2.20. The molecule has 2 heterocycles. The SMILES string of the molecule is CCOC(=O)c1c[nH]c2c1-c1nn(C)cc1CCC2. The molecule has 0 spiro atoms. The minimum absolute atomic E-state index is 0.279. The first-order valence-electron chi connectivity index (χ1n) is 6.61. The Bertz CT molecular complexity index is 625. The molecule has 0 atom stereocenters. The number of fused-ring (bicyclic) bond motifs is 3. The lowest BCUT2D eigenvalue weighted by Gasteiger charge is -2.03. The van der Waals surface area contributed by atoms with Crippen molar-refractivity contribution >= 4 is 5.97 Å². The van der Waals surface area contributed by atoms with Crippen LogP contribution >= 0.6 is 0 Å². The minimum atomic E-state index is -0.279. The van der Waals surface area contributed by atoms with Crippen molar-refractivity contribution in [2.24, 2.45) is 7.05 Å². The zero-order chi connectivity index (χ0) is 13.4. The number of hydrogen-bond donors (Lipinski definition) is 1. The predicted octanol–water partition coefficient (Wildman–Crippen LogP) is 2.08. The van der Waals surface area contributed by atoms with Gasteiger partial charge >= 0.3 is 5.97 Å². The van der Waals surface area contributed by atoms with Crippen LogP contribution in [0.5, 0.6) is 0 Å². The van der Waals surface area contributed by atoms with Crippen LogP contribution in [0.4, 0.5) is 0 Å². The van der Waals surface area contributed by atoms with Crippen LogP contribution in [0.1, 0.15) is 35.0 Å². The second-order valence-corrected chi connectivity index (χ2v) is 4.81. The van der Waals surface area contributed by atoms with Crippen LogP contribution in [0, 0.1) is 0 Å². The minimum Gasteiger partial charge on any atom is -0.462 e. The zero-order valence-corrected chi connectivity index (χ0v) is 11.2. The van der Waals surface area contributed by atoms with E-state index in [9.17, 15) is 4.79 Å². The van der Waals surface area contributed by atoms with Crippen molar-refractivity contribution < 1.29 is 9.53 Å². The summed E-state index contributed by atoms with van der Waals surface area (Å²) in [6, 6.07) is 0. The summed E-state index contributed by atoms with van der Waals surface area (Å²) in [6.07, 6.45) is 6.77. The molecule has 1 aliphatic rings. The highest BCUT2D eigenvalue weighted by Crippen LogP contribution is 2.34. The van der Waals surface area contributed by atoms with Crippen molar-refractivity contribution in [2.45, 2.75) is 26.2 Å². The molecule has 0 aliphatic heterocycles. The first-order chi connectivity index (χ1) is 9.20. The number of esters is 1. The number of aromatic nitrogens is 3. The fourth-order valence-electron chi connectivity index (χ4n) is 2.69. The van der Waals surface area contributed by atoms with Crippen LogP contribution in [0.3, 0.4) is 0 Å². The Morgan fingerprint density at radius 2 is 2.37 bits per heavy atom. The molecule has 0 aromatic carbocycles. The van der Waals surface area contributed by atoms with Crippen LogP contribution in [0.25, 0.3) is 11.3 Å². The van der Waals surface area contributed by atoms with E-state index < -0.39 is 0 Å². The summed E-state index contributed by atoms with van der Waals surface area (Å²) in [5, 5.41) is 4.52. The average molecular weight is 259 g/mol. The van der Waals surface area contributed by atoms with Gasteiger partial charge in [0, 0.05) is 30.7 Å². The molecule has 0 saturated carbocycles. The summed E-state index contributed by atoms with van der Waals surface area (Å²) < 4.78 is 6.93. The quantitative estimate of drug-likeness (QED) is 0.840. The highest BCUT2D eigenvalue weighted by molar-refractivity contribution is 5.98. The Kier molecular flexibility index (Phi) is 2.89. The van der Waals surface area contributed by atoms with Crippen molar-refractivity contribution in [1.29, 1.82) is 0 Å². The molecule has 0 unspecified atom stereocenters. The Balaban J connectivity index is 2.15. The fraction of sp³-hybridized carbons (Fsp3) is 0.429. The molecule has 0 saturated heterocycles. The van der Waals surface area contributed by atoms with Crippen LogP contribution in [0.15, 0.2) is 12.4 Å². The summed E-state index contributed by atoms with van der Waals surface area (Å²) in [5.41, 5.74) is 4.72. The third-order valence-electron chi connectivity index (χ3n) is 3.47. The van der Waals surface area contributed by atoms with E-state index in [2.05, 4.69) is 10.1 Å². The maximum Gasteiger partial charge on any atom is 0.340 e. The average Bonchev–Trinajstić information content (AvgIpc) is 2.90. The second kappa shape index (κ2) is 4.57. The molecule has 2 aromatic rings. The molecule has 0 fully saturated rings. The molecule has 0 amide bonds. The standard InChI is InChI=1S/C14H17N3O2/c1-3-19-14(18)10-7-15-11-6-4-5-9-8-17(2)16-13(9)12(10)11/h7-8,15H,3-6H2,1-2H3. The van der Waals surface area contributed by atoms with E-state index in [0.717, 1.165) is 36.2 Å². The lowest BCUT2D eigenvalue weighted by atomic mass is 10.1. The molecule has 3 rings (SSSR count). The van der Waals surface area contributed by atoms with E-state index in [0.29, 0.717) is 12.2 Å². The van der Waals surface area contributed by atoms with Gasteiger partial charge in [-0.2, -0.15) is 5.10 Å². The van der Waals surface area contributed by atoms with E-state index in [1.807, 2.05) is 24.9 Å². The molecule has 1 aliphatic carbocycles. The first kappa shape index (κ1) is 12.0. The number of nitrogens with zero attached hydrogens (tertiary/aromatic N) is 2. The molecule has 5 heteroatoms. The van der Waals surface area contributed by atoms with Gasteiger partial charge in [-0.25, -0.2) is 4.79 Å². The van der Waals surface area contributed by atoms with E-state index >= 15 is 0 Å². The Hall–Kier alpha value is -2.04. The van der Waals surface area contributed by atoms with Gasteiger partial charge in [0.15, 0.2) is 0 Å². The molecule has 0 radical (unpaired) electrons. The van der Waals surface area contributed by atoms with Gasteiger partial charge in [0.25, 0.3) is 0 Å². The van der Waals surface area contributed by atoms with Crippen LogP contribution < -0.4 is 0 Å². The highest BCUT2D eigenvalue weighted by Gasteiger charge is 2.25. The lowest BCUT2D eigenvalue weighted by molar-refractivity contribution is 0.0527. The van der Waals surface area contributed by atoms with Gasteiger partial charge in [-0.1, -0.05) is 0 Å². The normalized spacial score (nSPS) is 13.6. The number of hydrogen-bond acceptors (Lipinski definition) is 3. The van der Waals surface area contributed by atoms with Crippen LogP contribution in [-0.4, -0.2) is 27.3 Å². The Morgan fingerprint density at radius 3 is 3.16 bits per heavy atom. The smallest absolute Gasteiger partial charge is 0.340 e. The van der Waals surface area contributed by atoms with Gasteiger partial charge < -0.3 is 9.72 Å². The maximum absolute atomic E-state index is 12.0. The van der Waals surface area contributed by atoms with Gasteiger partial charge in [0.1, 0.15) is 0 Å². The number of carbonyl (C=O) groups is 1. The summed E-state index contributed by atoms with van der Waals surface area (Å²) in [5.74, 6) is -0.279. The monoisotopic (exact) mass is 259 g/mol. The summed E-state index contributed by atoms with van der Waals surface area (Å²) >= 11 is 0. The van der Waals surface area contributed by atoms with Gasteiger partial charge in [0.05, 0.1) is 17.9 Å². The number of aryl methyl sites for hydroxylation is 3.